The van der Waals surface area contributed by atoms with Crippen LogP contribution in [0.3, 0.4) is 0 Å². The van der Waals surface area contributed by atoms with Crippen LogP contribution < -0.4 is 5.32 Å². The number of hydrogen-bond donors (Lipinski definition) is 1. The van der Waals surface area contributed by atoms with E-state index in [1.165, 1.54) is 0 Å². The van der Waals surface area contributed by atoms with Crippen LogP contribution in [0.2, 0.25) is 0 Å². The summed E-state index contributed by atoms with van der Waals surface area (Å²) in [6.07, 6.45) is 0. The normalized spacial score (nSPS) is 14.1. The molecule has 1 aliphatic rings. The Balaban J connectivity index is 2.37. The van der Waals surface area contributed by atoms with Crippen molar-refractivity contribution in [3.05, 3.63) is 34.9 Å². The Hall–Kier alpha value is -1.84. The van der Waals surface area contributed by atoms with E-state index in [9.17, 15) is 9.59 Å². The van der Waals surface area contributed by atoms with Gasteiger partial charge in [-0.2, -0.15) is 0 Å². The van der Waals surface area contributed by atoms with Gasteiger partial charge in [0, 0.05) is 30.8 Å². The van der Waals surface area contributed by atoms with Crippen molar-refractivity contribution in [3.63, 3.8) is 0 Å². The molecule has 0 unspecified atom stereocenters. The van der Waals surface area contributed by atoms with Crippen molar-refractivity contribution in [2.75, 3.05) is 7.05 Å². The highest BCUT2D eigenvalue weighted by Gasteiger charge is 2.29. The number of amides is 2. The summed E-state index contributed by atoms with van der Waals surface area (Å²) >= 11 is 0. The molecule has 1 aliphatic heterocycles. The molecule has 4 heteroatoms. The third-order valence-corrected chi connectivity index (χ3v) is 3.05. The third kappa shape index (κ3) is 1.90. The Morgan fingerprint density at radius 2 is 2.12 bits per heavy atom. The maximum absolute atomic E-state index is 12.1. The first kappa shape index (κ1) is 11.6. The fourth-order valence-electron chi connectivity index (χ4n) is 2.03. The topological polar surface area (TPSA) is 49.4 Å². The molecule has 1 N–H and O–H groups in total. The number of carbonyl (C=O) groups is 2. The van der Waals surface area contributed by atoms with Crippen LogP contribution in [-0.4, -0.2) is 29.8 Å². The van der Waals surface area contributed by atoms with Gasteiger partial charge in [0.1, 0.15) is 0 Å². The Morgan fingerprint density at radius 1 is 1.41 bits per heavy atom. The molecule has 17 heavy (non-hydrogen) atoms. The zero-order valence-electron chi connectivity index (χ0n) is 10.3. The molecular formula is C13H16N2O2. The largest absolute Gasteiger partial charge is 0.355 e. The van der Waals surface area contributed by atoms with E-state index in [0.717, 1.165) is 5.56 Å². The fourth-order valence-corrected chi connectivity index (χ4v) is 2.03. The van der Waals surface area contributed by atoms with Crippen LogP contribution in [-0.2, 0) is 6.54 Å². The first-order chi connectivity index (χ1) is 8.04. The van der Waals surface area contributed by atoms with Crippen LogP contribution in [0, 0.1) is 0 Å². The number of fused-ring (bicyclic) bond motifs is 1. The lowest BCUT2D eigenvalue weighted by molar-refractivity contribution is 0.0730. The Bertz CT molecular complexity index is 480. The zero-order chi connectivity index (χ0) is 12.6. The van der Waals surface area contributed by atoms with Crippen LogP contribution in [0.15, 0.2) is 18.2 Å². The molecule has 0 bridgehead atoms. The summed E-state index contributed by atoms with van der Waals surface area (Å²) < 4.78 is 0. The molecule has 0 fully saturated rings. The van der Waals surface area contributed by atoms with Crippen LogP contribution >= 0.6 is 0 Å². The van der Waals surface area contributed by atoms with E-state index in [2.05, 4.69) is 5.32 Å². The molecule has 0 aliphatic carbocycles. The van der Waals surface area contributed by atoms with E-state index in [0.29, 0.717) is 17.7 Å². The van der Waals surface area contributed by atoms with Gasteiger partial charge in [0.15, 0.2) is 0 Å². The second-order valence-corrected chi connectivity index (χ2v) is 4.48. The molecule has 0 atom stereocenters. The van der Waals surface area contributed by atoms with Gasteiger partial charge >= 0.3 is 0 Å². The molecule has 0 radical (unpaired) electrons. The molecule has 0 saturated heterocycles. The third-order valence-electron chi connectivity index (χ3n) is 3.05. The Kier molecular flexibility index (Phi) is 2.88. The van der Waals surface area contributed by atoms with Crippen molar-refractivity contribution < 1.29 is 9.59 Å². The summed E-state index contributed by atoms with van der Waals surface area (Å²) in [6, 6.07) is 5.48. The van der Waals surface area contributed by atoms with Crippen molar-refractivity contribution in [2.24, 2.45) is 0 Å². The minimum Gasteiger partial charge on any atom is -0.355 e. The van der Waals surface area contributed by atoms with E-state index >= 15 is 0 Å². The Morgan fingerprint density at radius 3 is 2.71 bits per heavy atom. The highest BCUT2D eigenvalue weighted by Crippen LogP contribution is 2.25. The molecule has 1 aromatic rings. The smallest absolute Gasteiger partial charge is 0.254 e. The molecule has 1 heterocycles. The number of benzene rings is 1. The molecule has 90 valence electrons. The van der Waals surface area contributed by atoms with Crippen LogP contribution in [0.5, 0.6) is 0 Å². The maximum atomic E-state index is 12.1. The van der Waals surface area contributed by atoms with E-state index in [1.54, 1.807) is 24.1 Å². The lowest BCUT2D eigenvalue weighted by Gasteiger charge is -2.19. The van der Waals surface area contributed by atoms with Gasteiger partial charge in [0.25, 0.3) is 11.8 Å². The van der Waals surface area contributed by atoms with E-state index in [-0.39, 0.29) is 17.9 Å². The van der Waals surface area contributed by atoms with Crippen LogP contribution in [0.25, 0.3) is 0 Å². The molecule has 2 rings (SSSR count). The number of nitrogens with one attached hydrogen (secondary N) is 1. The van der Waals surface area contributed by atoms with Gasteiger partial charge in [0.05, 0.1) is 0 Å². The average molecular weight is 232 g/mol. The van der Waals surface area contributed by atoms with E-state index < -0.39 is 0 Å². The average Bonchev–Trinajstić information content (AvgIpc) is 2.65. The second kappa shape index (κ2) is 4.20. The first-order valence-electron chi connectivity index (χ1n) is 5.70. The lowest BCUT2D eigenvalue weighted by atomic mass is 10.1. The Labute approximate surface area is 101 Å². The number of rotatable bonds is 2. The highest BCUT2D eigenvalue weighted by molar-refractivity contribution is 6.02. The predicted octanol–water partition coefficient (Wildman–Crippen LogP) is 1.41. The standard InChI is InChI=1S/C13H16N2O2/c1-8(2)15-7-10-5-4-9(12(16)14-3)6-11(10)13(15)17/h4-6,8H,7H2,1-3H3,(H,14,16). The summed E-state index contributed by atoms with van der Waals surface area (Å²) in [5, 5.41) is 2.56. The number of carbonyl (C=O) groups excluding carboxylic acids is 2. The second-order valence-electron chi connectivity index (χ2n) is 4.48. The van der Waals surface area contributed by atoms with Gasteiger partial charge in [-0.3, -0.25) is 9.59 Å². The first-order valence-corrected chi connectivity index (χ1v) is 5.70. The minimum atomic E-state index is -0.163. The molecule has 0 spiro atoms. The fraction of sp³-hybridized carbons (Fsp3) is 0.385. The summed E-state index contributed by atoms with van der Waals surface area (Å²) in [5.41, 5.74) is 2.18. The predicted molar refractivity (Wildman–Crippen MR) is 64.8 cm³/mol. The molecule has 2 amide bonds. The quantitative estimate of drug-likeness (QED) is 0.838. The molecule has 0 saturated carbocycles. The number of hydrogen-bond acceptors (Lipinski definition) is 2. The van der Waals surface area contributed by atoms with Gasteiger partial charge in [-0.25, -0.2) is 0 Å². The van der Waals surface area contributed by atoms with Crippen LogP contribution in [0.4, 0.5) is 0 Å². The van der Waals surface area contributed by atoms with Gasteiger partial charge in [0.2, 0.25) is 0 Å². The van der Waals surface area contributed by atoms with Gasteiger partial charge in [-0.15, -0.1) is 0 Å². The maximum Gasteiger partial charge on any atom is 0.254 e. The molecule has 1 aromatic carbocycles. The highest BCUT2D eigenvalue weighted by atomic mass is 16.2. The van der Waals surface area contributed by atoms with Gasteiger partial charge in [-0.1, -0.05) is 6.07 Å². The van der Waals surface area contributed by atoms with Crippen molar-refractivity contribution in [3.8, 4) is 0 Å². The summed E-state index contributed by atoms with van der Waals surface area (Å²) in [5.74, 6) is -0.149. The zero-order valence-corrected chi connectivity index (χ0v) is 10.3. The molecular weight excluding hydrogens is 216 g/mol. The van der Waals surface area contributed by atoms with E-state index in [1.807, 2.05) is 19.9 Å². The van der Waals surface area contributed by atoms with Gasteiger partial charge in [-0.05, 0) is 31.5 Å². The van der Waals surface area contributed by atoms with Crippen molar-refractivity contribution in [1.82, 2.24) is 10.2 Å². The summed E-state index contributed by atoms with van der Waals surface area (Å²) in [7, 11) is 1.58. The molecule has 4 nitrogen and oxygen atoms in total. The van der Waals surface area contributed by atoms with E-state index in [4.69, 9.17) is 0 Å². The van der Waals surface area contributed by atoms with Crippen molar-refractivity contribution in [2.45, 2.75) is 26.4 Å². The summed E-state index contributed by atoms with van der Waals surface area (Å²) in [4.78, 5) is 25.4. The van der Waals surface area contributed by atoms with Crippen molar-refractivity contribution >= 4 is 11.8 Å². The van der Waals surface area contributed by atoms with Gasteiger partial charge < -0.3 is 10.2 Å². The minimum absolute atomic E-state index is 0.0146. The number of nitrogens with zero attached hydrogens (tertiary/aromatic N) is 1. The van der Waals surface area contributed by atoms with Crippen LogP contribution in [0.1, 0.15) is 40.1 Å². The lowest BCUT2D eigenvalue weighted by Crippen LogP contribution is -2.30. The summed E-state index contributed by atoms with van der Waals surface area (Å²) in [6.45, 7) is 4.62. The monoisotopic (exact) mass is 232 g/mol. The SMILES string of the molecule is CNC(=O)c1ccc2c(c1)C(=O)N(C(C)C)C2. The molecule has 0 aromatic heterocycles. The van der Waals surface area contributed by atoms with Crippen molar-refractivity contribution in [1.29, 1.82) is 0 Å².